The number of carbonyl (C=O) groups is 3. The Labute approximate surface area is 126 Å². The lowest BCUT2D eigenvalue weighted by Gasteiger charge is -2.15. The highest BCUT2D eigenvalue weighted by atomic mass is 35.5. The van der Waals surface area contributed by atoms with Crippen LogP contribution in [0.5, 0.6) is 0 Å². The minimum Gasteiger partial charge on any atom is -0.354 e. The number of carbonyl (C=O) groups excluding carboxylic acids is 3. The van der Waals surface area contributed by atoms with Crippen molar-refractivity contribution >= 4 is 29.4 Å². The van der Waals surface area contributed by atoms with E-state index >= 15 is 0 Å². The van der Waals surface area contributed by atoms with Crippen molar-refractivity contribution in [2.24, 2.45) is 0 Å². The predicted octanol–water partition coefficient (Wildman–Crippen LogP) is -0.0648. The molecule has 0 aliphatic carbocycles. The summed E-state index contributed by atoms with van der Waals surface area (Å²) in [6.45, 7) is 0.844. The summed E-state index contributed by atoms with van der Waals surface area (Å²) in [5.41, 5.74) is 0. The van der Waals surface area contributed by atoms with Gasteiger partial charge < -0.3 is 10.2 Å². The van der Waals surface area contributed by atoms with Gasteiger partial charge in [-0.15, -0.1) is 0 Å². The molecule has 0 unspecified atom stereocenters. The van der Waals surface area contributed by atoms with E-state index in [-0.39, 0.29) is 18.2 Å². The van der Waals surface area contributed by atoms with E-state index in [9.17, 15) is 14.4 Å². The lowest BCUT2D eigenvalue weighted by Crippen LogP contribution is -2.38. The zero-order chi connectivity index (χ0) is 15.6. The summed E-state index contributed by atoms with van der Waals surface area (Å²) in [6, 6.07) is -1.13. The van der Waals surface area contributed by atoms with Crippen molar-refractivity contribution in [3.63, 3.8) is 0 Å². The first-order valence-corrected chi connectivity index (χ1v) is 6.77. The second kappa shape index (κ2) is 6.13. The molecule has 1 saturated heterocycles. The molecule has 0 bridgehead atoms. The smallest absolute Gasteiger partial charge is 0.326 e. The molecule has 1 aromatic rings. The monoisotopic (exact) mass is 313 g/mol. The van der Waals surface area contributed by atoms with E-state index in [2.05, 4.69) is 10.4 Å². The number of hydrogen-bond donors (Lipinski definition) is 1. The highest BCUT2D eigenvalue weighted by Crippen LogP contribution is 2.16. The van der Waals surface area contributed by atoms with Gasteiger partial charge in [0.1, 0.15) is 6.04 Å². The average Bonchev–Trinajstić information content (AvgIpc) is 2.93. The Morgan fingerprint density at radius 3 is 2.67 bits per heavy atom. The van der Waals surface area contributed by atoms with Crippen molar-refractivity contribution < 1.29 is 14.4 Å². The van der Waals surface area contributed by atoms with Crippen LogP contribution in [0.4, 0.5) is 4.79 Å². The normalized spacial score (nSPS) is 18.5. The molecule has 21 heavy (non-hydrogen) atoms. The van der Waals surface area contributed by atoms with Crippen LogP contribution in [0.15, 0.2) is 12.4 Å². The molecule has 0 spiro atoms. The van der Waals surface area contributed by atoms with Crippen LogP contribution in [0.1, 0.15) is 6.42 Å². The molecule has 2 rings (SSSR count). The Morgan fingerprint density at radius 1 is 1.43 bits per heavy atom. The molecule has 1 N–H and O–H groups in total. The minimum absolute atomic E-state index is 0.0503. The van der Waals surface area contributed by atoms with Crippen molar-refractivity contribution in [1.82, 2.24) is 24.9 Å². The Kier molecular flexibility index (Phi) is 4.46. The van der Waals surface area contributed by atoms with Crippen LogP contribution in [0.3, 0.4) is 0 Å². The second-order valence-electron chi connectivity index (χ2n) is 4.78. The van der Waals surface area contributed by atoms with Crippen LogP contribution in [0, 0.1) is 0 Å². The molecule has 9 heteroatoms. The standard InChI is InChI=1S/C12H16ClN5O3/c1-16-9(11(20)17(2)12(16)21)5-10(19)14-3-4-18-7-8(13)6-15-18/h6-7,9H,3-5H2,1-2H3,(H,14,19)/t9-/m0/s1. The van der Waals surface area contributed by atoms with Gasteiger partial charge in [-0.2, -0.15) is 5.10 Å². The molecule has 1 atom stereocenters. The Hall–Kier alpha value is -2.09. The van der Waals surface area contributed by atoms with E-state index in [4.69, 9.17) is 11.6 Å². The summed E-state index contributed by atoms with van der Waals surface area (Å²) >= 11 is 5.72. The third-order valence-corrected chi connectivity index (χ3v) is 3.51. The molecular weight excluding hydrogens is 298 g/mol. The molecule has 114 valence electrons. The summed E-state index contributed by atoms with van der Waals surface area (Å²) in [5.74, 6) is -0.655. The number of halogens is 1. The first-order valence-electron chi connectivity index (χ1n) is 6.39. The van der Waals surface area contributed by atoms with Crippen LogP contribution in [0.25, 0.3) is 0 Å². The van der Waals surface area contributed by atoms with Gasteiger partial charge in [0.15, 0.2) is 0 Å². The van der Waals surface area contributed by atoms with Crippen molar-refractivity contribution in [2.75, 3.05) is 20.6 Å². The third-order valence-electron chi connectivity index (χ3n) is 3.32. The van der Waals surface area contributed by atoms with Crippen LogP contribution in [-0.4, -0.2) is 64.1 Å². The predicted molar refractivity (Wildman–Crippen MR) is 74.6 cm³/mol. The van der Waals surface area contributed by atoms with E-state index in [1.54, 1.807) is 10.9 Å². The summed E-state index contributed by atoms with van der Waals surface area (Å²) in [4.78, 5) is 37.5. The van der Waals surface area contributed by atoms with Gasteiger partial charge >= 0.3 is 6.03 Å². The molecular formula is C12H16ClN5O3. The number of hydrogen-bond acceptors (Lipinski definition) is 4. The quantitative estimate of drug-likeness (QED) is 0.771. The SMILES string of the molecule is CN1C(=O)[C@H](CC(=O)NCCn2cc(Cl)cn2)N(C)C1=O. The van der Waals surface area contributed by atoms with Crippen LogP contribution in [0.2, 0.25) is 5.02 Å². The topological polar surface area (TPSA) is 87.5 Å². The number of nitrogens with zero attached hydrogens (tertiary/aromatic N) is 4. The summed E-state index contributed by atoms with van der Waals surface area (Å²) in [7, 11) is 2.91. The van der Waals surface area contributed by atoms with Gasteiger partial charge in [-0.3, -0.25) is 19.2 Å². The molecule has 2 heterocycles. The highest BCUT2D eigenvalue weighted by Gasteiger charge is 2.41. The van der Waals surface area contributed by atoms with Crippen LogP contribution in [-0.2, 0) is 16.1 Å². The maximum atomic E-state index is 11.8. The van der Waals surface area contributed by atoms with E-state index in [1.807, 2.05) is 0 Å². The molecule has 0 aromatic carbocycles. The zero-order valence-corrected chi connectivity index (χ0v) is 12.5. The minimum atomic E-state index is -0.735. The number of urea groups is 1. The fourth-order valence-corrected chi connectivity index (χ4v) is 2.25. The first kappa shape index (κ1) is 15.3. The zero-order valence-electron chi connectivity index (χ0n) is 11.7. The van der Waals surface area contributed by atoms with E-state index < -0.39 is 12.1 Å². The van der Waals surface area contributed by atoms with Crippen molar-refractivity contribution in [2.45, 2.75) is 19.0 Å². The van der Waals surface area contributed by atoms with Crippen molar-refractivity contribution in [3.05, 3.63) is 17.4 Å². The number of nitrogens with one attached hydrogen (secondary N) is 1. The van der Waals surface area contributed by atoms with Crippen molar-refractivity contribution in [3.8, 4) is 0 Å². The number of likely N-dealkylation sites (N-methyl/N-ethyl adjacent to an activating group) is 2. The third kappa shape index (κ3) is 3.33. The molecule has 1 aromatic heterocycles. The Balaban J connectivity index is 1.79. The lowest BCUT2D eigenvalue weighted by atomic mass is 10.2. The van der Waals surface area contributed by atoms with Gasteiger partial charge in [-0.1, -0.05) is 11.6 Å². The molecule has 0 saturated carbocycles. The number of rotatable bonds is 5. The number of aromatic nitrogens is 2. The molecule has 1 aliphatic heterocycles. The molecule has 1 aliphatic rings. The molecule has 4 amide bonds. The largest absolute Gasteiger partial charge is 0.354 e. The fraction of sp³-hybridized carbons (Fsp3) is 0.500. The molecule has 8 nitrogen and oxygen atoms in total. The van der Waals surface area contributed by atoms with E-state index in [0.717, 1.165) is 4.90 Å². The highest BCUT2D eigenvalue weighted by molar-refractivity contribution is 6.30. The maximum absolute atomic E-state index is 11.8. The number of amides is 4. The first-order chi connectivity index (χ1) is 9.90. The second-order valence-corrected chi connectivity index (χ2v) is 5.22. The summed E-state index contributed by atoms with van der Waals surface area (Å²) in [6.07, 6.45) is 3.11. The molecule has 1 fully saturated rings. The van der Waals surface area contributed by atoms with Crippen LogP contribution >= 0.6 is 11.6 Å². The maximum Gasteiger partial charge on any atom is 0.326 e. The fourth-order valence-electron chi connectivity index (χ4n) is 2.10. The van der Waals surface area contributed by atoms with E-state index in [0.29, 0.717) is 18.1 Å². The van der Waals surface area contributed by atoms with Gasteiger partial charge in [0.2, 0.25) is 5.91 Å². The van der Waals surface area contributed by atoms with Gasteiger partial charge in [-0.25, -0.2) is 4.79 Å². The Morgan fingerprint density at radius 2 is 2.14 bits per heavy atom. The Bertz CT molecular complexity index is 573. The molecule has 0 radical (unpaired) electrons. The summed E-state index contributed by atoms with van der Waals surface area (Å²) in [5, 5.41) is 7.19. The van der Waals surface area contributed by atoms with E-state index in [1.165, 1.54) is 25.2 Å². The van der Waals surface area contributed by atoms with Gasteiger partial charge in [0, 0.05) is 26.8 Å². The van der Waals surface area contributed by atoms with Gasteiger partial charge in [0.25, 0.3) is 5.91 Å². The van der Waals surface area contributed by atoms with Crippen molar-refractivity contribution in [1.29, 1.82) is 0 Å². The number of imide groups is 1. The lowest BCUT2D eigenvalue weighted by molar-refractivity contribution is -0.131. The van der Waals surface area contributed by atoms with Gasteiger partial charge in [-0.05, 0) is 0 Å². The van der Waals surface area contributed by atoms with Crippen LogP contribution < -0.4 is 5.32 Å². The average molecular weight is 314 g/mol. The summed E-state index contributed by atoms with van der Waals surface area (Å²) < 4.78 is 1.60. The van der Waals surface area contributed by atoms with Gasteiger partial charge in [0.05, 0.1) is 24.2 Å².